The van der Waals surface area contributed by atoms with Gasteiger partial charge >= 0.3 is 6.09 Å². The molecule has 6 N–H and O–H groups in total. The third-order valence-electron chi connectivity index (χ3n) is 9.76. The van der Waals surface area contributed by atoms with Gasteiger partial charge in [-0.05, 0) is 47.0 Å². The van der Waals surface area contributed by atoms with E-state index in [1.807, 2.05) is 60.7 Å². The number of hydrogen-bond donors (Lipinski definition) is 5. The lowest BCUT2D eigenvalue weighted by Gasteiger charge is -2.27. The topological polar surface area (TPSA) is 199 Å². The summed E-state index contributed by atoms with van der Waals surface area (Å²) in [5.41, 5.74) is 9.69. The Morgan fingerprint density at radius 2 is 1.44 bits per heavy atom. The number of alkyl carbamates (subject to hydrolysis) is 1. The zero-order valence-electron chi connectivity index (χ0n) is 31.8. The number of rotatable bonds is 17. The number of nitrogens with zero attached hydrogens (tertiary/aromatic N) is 1. The number of carbonyl (C=O) groups is 3. The summed E-state index contributed by atoms with van der Waals surface area (Å²) in [6.07, 6.45) is 0.0812. The first-order valence-corrected chi connectivity index (χ1v) is 20.8. The van der Waals surface area contributed by atoms with E-state index < -0.39 is 49.2 Å². The van der Waals surface area contributed by atoms with Gasteiger partial charge in [-0.15, -0.1) is 0 Å². The fourth-order valence-corrected chi connectivity index (χ4v) is 8.60. The lowest BCUT2D eigenvalue weighted by molar-refractivity contribution is -0.128. The Bertz CT molecular complexity index is 2560. The lowest BCUT2D eigenvalue weighted by atomic mass is 10.0. The number of amides is 3. The molecule has 5 aromatic carbocycles. The predicted molar refractivity (Wildman–Crippen MR) is 223 cm³/mol. The van der Waals surface area contributed by atoms with Gasteiger partial charge in [-0.25, -0.2) is 4.79 Å². The largest absolute Gasteiger partial charge is 0.457 e. The van der Waals surface area contributed by atoms with Crippen LogP contribution in [-0.2, 0) is 38.3 Å². The van der Waals surface area contributed by atoms with Crippen molar-refractivity contribution in [2.45, 2.75) is 37.2 Å². The average molecular weight is 812 g/mol. The fraction of sp³-hybridized carbons (Fsp3) is 0.156. The number of primary amides is 1. The molecule has 2 aromatic heterocycles. The molecule has 59 heavy (non-hydrogen) atoms. The Morgan fingerprint density at radius 3 is 2.17 bits per heavy atom. The molecular formula is C45H42N5O8P. The Kier molecular flexibility index (Phi) is 12.6. The molecule has 7 rings (SSSR count). The molecule has 1 unspecified atom stereocenters. The van der Waals surface area contributed by atoms with Crippen molar-refractivity contribution in [3.8, 4) is 22.8 Å². The van der Waals surface area contributed by atoms with Crippen LogP contribution < -0.4 is 21.1 Å². The van der Waals surface area contributed by atoms with Crippen LogP contribution in [0.4, 0.5) is 4.79 Å². The standard InChI is InChI=1S/C45H42N5O8P/c46-43(51)40(25-33-27-47-38-22-11-10-21-36(33)38)48-44(52)37(41-26-39(50-58-41)32-17-12-20-35(24-32)57-34-18-8-3-9-19-34)29-59(54,55)42(23-30-13-4-1-5-14-30)49-45(53)56-28-31-15-6-2-7-16-31/h1-22,24,26-27,37,40,42,47H,23,25,28-29H2,(H2,46,51)(H,48,52)(H,49,53)(H,54,55)/t37-,40-,42+/m0/s1. The molecule has 300 valence electrons. The zero-order chi connectivity index (χ0) is 41.2. The van der Waals surface area contributed by atoms with Gasteiger partial charge in [0.1, 0.15) is 47.3 Å². The van der Waals surface area contributed by atoms with Crippen molar-refractivity contribution in [2.75, 3.05) is 6.16 Å². The number of H-pyrrole nitrogens is 1. The number of ether oxygens (including phenoxy) is 2. The van der Waals surface area contributed by atoms with E-state index in [-0.39, 0.29) is 25.2 Å². The molecule has 14 heteroatoms. The van der Waals surface area contributed by atoms with Gasteiger partial charge in [0.05, 0.1) is 0 Å². The van der Waals surface area contributed by atoms with Crippen LogP contribution in [0.2, 0.25) is 0 Å². The van der Waals surface area contributed by atoms with Gasteiger partial charge < -0.3 is 40.2 Å². The summed E-state index contributed by atoms with van der Waals surface area (Å²) in [7, 11) is -4.56. The maximum Gasteiger partial charge on any atom is 0.408 e. The maximum atomic E-state index is 14.7. The third-order valence-corrected chi connectivity index (χ3v) is 11.9. The van der Waals surface area contributed by atoms with E-state index in [0.717, 1.165) is 22.0 Å². The first-order chi connectivity index (χ1) is 28.6. The molecule has 0 fully saturated rings. The second kappa shape index (κ2) is 18.5. The quantitative estimate of drug-likeness (QED) is 0.0573. The summed E-state index contributed by atoms with van der Waals surface area (Å²) in [4.78, 5) is 55.6. The van der Waals surface area contributed by atoms with Gasteiger partial charge in [-0.3, -0.25) is 14.2 Å². The minimum atomic E-state index is -4.56. The van der Waals surface area contributed by atoms with E-state index in [1.165, 1.54) is 6.07 Å². The summed E-state index contributed by atoms with van der Waals surface area (Å²) in [6, 6.07) is 41.9. The SMILES string of the molecule is NC(=O)[C@H](Cc1c[nH]c2ccccc12)NC(=O)[C@@H](CP(=O)(O)[C@H](Cc1ccccc1)NC(=O)OCc1ccccc1)c1cc(-c2cccc(Oc3ccccc3)c2)no1. The van der Waals surface area contributed by atoms with Crippen LogP contribution in [0.5, 0.6) is 11.5 Å². The number of nitrogens with one attached hydrogen (secondary N) is 3. The fourth-order valence-electron chi connectivity index (χ4n) is 6.67. The normalized spacial score (nSPS) is 13.7. The van der Waals surface area contributed by atoms with Crippen LogP contribution in [0, 0.1) is 0 Å². The summed E-state index contributed by atoms with van der Waals surface area (Å²) >= 11 is 0. The van der Waals surface area contributed by atoms with Crippen molar-refractivity contribution >= 4 is 36.2 Å². The first kappa shape index (κ1) is 40.3. The highest BCUT2D eigenvalue weighted by atomic mass is 31.2. The van der Waals surface area contributed by atoms with Gasteiger partial charge in [0.15, 0.2) is 0 Å². The second-order valence-electron chi connectivity index (χ2n) is 14.0. The number of fused-ring (bicyclic) bond motifs is 1. The van der Waals surface area contributed by atoms with Crippen LogP contribution in [0.25, 0.3) is 22.2 Å². The van der Waals surface area contributed by atoms with Crippen molar-refractivity contribution in [1.82, 2.24) is 20.8 Å². The highest BCUT2D eigenvalue weighted by Crippen LogP contribution is 2.50. The molecule has 2 heterocycles. The Morgan fingerprint density at radius 1 is 0.780 bits per heavy atom. The molecule has 0 radical (unpaired) electrons. The molecule has 0 saturated heterocycles. The lowest BCUT2D eigenvalue weighted by Crippen LogP contribution is -2.48. The molecule has 4 atom stereocenters. The van der Waals surface area contributed by atoms with Crippen molar-refractivity contribution in [1.29, 1.82) is 0 Å². The van der Waals surface area contributed by atoms with Gasteiger partial charge in [0.25, 0.3) is 0 Å². The number of benzene rings is 5. The van der Waals surface area contributed by atoms with Crippen molar-refractivity contribution in [3.63, 3.8) is 0 Å². The number of aromatic amines is 1. The number of hydrogen-bond acceptors (Lipinski definition) is 8. The molecule has 0 spiro atoms. The van der Waals surface area contributed by atoms with Gasteiger partial charge in [-0.1, -0.05) is 114 Å². The number of aromatic nitrogens is 2. The molecular weight excluding hydrogens is 769 g/mol. The molecule has 0 aliphatic heterocycles. The average Bonchev–Trinajstić information content (AvgIpc) is 3.91. The van der Waals surface area contributed by atoms with Crippen LogP contribution >= 0.6 is 7.37 Å². The zero-order valence-corrected chi connectivity index (χ0v) is 32.7. The van der Waals surface area contributed by atoms with Crippen molar-refractivity contribution < 1.29 is 37.8 Å². The summed E-state index contributed by atoms with van der Waals surface area (Å²) in [5.74, 6) is -3.40. The van der Waals surface area contributed by atoms with Crippen LogP contribution in [-0.4, -0.2) is 50.9 Å². The molecule has 7 aromatic rings. The first-order valence-electron chi connectivity index (χ1n) is 18.9. The molecule has 0 bridgehead atoms. The monoisotopic (exact) mass is 811 g/mol. The van der Waals surface area contributed by atoms with Crippen molar-refractivity contribution in [3.05, 3.63) is 174 Å². The van der Waals surface area contributed by atoms with Gasteiger partial charge in [0, 0.05) is 47.7 Å². The molecule has 0 aliphatic rings. The maximum absolute atomic E-state index is 14.7. The van der Waals surface area contributed by atoms with Crippen LogP contribution in [0.1, 0.15) is 28.4 Å². The van der Waals surface area contributed by atoms with E-state index in [1.54, 1.807) is 85.1 Å². The number of carbonyl (C=O) groups excluding carboxylic acids is 3. The Labute approximate surface area is 340 Å². The third kappa shape index (κ3) is 10.5. The van der Waals surface area contributed by atoms with E-state index in [4.69, 9.17) is 19.7 Å². The molecule has 13 nitrogen and oxygen atoms in total. The molecule has 0 aliphatic carbocycles. The highest BCUT2D eigenvalue weighted by molar-refractivity contribution is 7.58. The minimum absolute atomic E-state index is 0.0376. The predicted octanol–water partition coefficient (Wildman–Crippen LogP) is 7.68. The summed E-state index contributed by atoms with van der Waals surface area (Å²) in [5, 5.41) is 10.4. The summed E-state index contributed by atoms with van der Waals surface area (Å²) < 4.78 is 31.9. The Hall–Kier alpha value is -6.95. The van der Waals surface area contributed by atoms with Gasteiger partial charge in [-0.2, -0.15) is 0 Å². The van der Waals surface area contributed by atoms with Crippen molar-refractivity contribution in [2.24, 2.45) is 5.73 Å². The van der Waals surface area contributed by atoms with E-state index in [0.29, 0.717) is 28.3 Å². The van der Waals surface area contributed by atoms with Crippen LogP contribution in [0.15, 0.2) is 156 Å². The van der Waals surface area contributed by atoms with Gasteiger partial charge in [0.2, 0.25) is 19.2 Å². The number of nitrogens with two attached hydrogens (primary N) is 1. The second-order valence-corrected chi connectivity index (χ2v) is 16.5. The van der Waals surface area contributed by atoms with Crippen LogP contribution in [0.3, 0.4) is 0 Å². The minimum Gasteiger partial charge on any atom is -0.457 e. The van der Waals surface area contributed by atoms with E-state index in [2.05, 4.69) is 20.8 Å². The molecule has 0 saturated carbocycles. The number of para-hydroxylation sites is 2. The highest BCUT2D eigenvalue weighted by Gasteiger charge is 2.41. The Balaban J connectivity index is 1.18. The van der Waals surface area contributed by atoms with E-state index >= 15 is 0 Å². The summed E-state index contributed by atoms with van der Waals surface area (Å²) in [6.45, 7) is -0.0745. The van der Waals surface area contributed by atoms with E-state index in [9.17, 15) is 23.8 Å². The molecule has 3 amide bonds. The smallest absolute Gasteiger partial charge is 0.408 e.